The van der Waals surface area contributed by atoms with Gasteiger partial charge in [0.2, 0.25) is 0 Å². The maximum atomic E-state index is 12.1. The summed E-state index contributed by atoms with van der Waals surface area (Å²) < 4.78 is 6.10. The van der Waals surface area contributed by atoms with Crippen LogP contribution in [0.4, 0.5) is 5.69 Å². The van der Waals surface area contributed by atoms with Crippen LogP contribution < -0.4 is 11.1 Å². The highest BCUT2D eigenvalue weighted by atomic mass is 79.9. The number of nitrogens with one attached hydrogen (secondary N) is 1. The number of ether oxygens (including phenoxy) is 1. The molecule has 1 heterocycles. The quantitative estimate of drug-likeness (QED) is 0.839. The Kier molecular flexibility index (Phi) is 4.47. The van der Waals surface area contributed by atoms with E-state index in [2.05, 4.69) is 28.2 Å². The first kappa shape index (κ1) is 14.3. The lowest BCUT2D eigenvalue weighted by Crippen LogP contribution is -2.39. The Labute approximate surface area is 121 Å². The van der Waals surface area contributed by atoms with Gasteiger partial charge in [0.1, 0.15) is 0 Å². The molecule has 19 heavy (non-hydrogen) atoms. The number of nitrogens with two attached hydrogens (primary N) is 1. The van der Waals surface area contributed by atoms with Crippen LogP contribution in [0.5, 0.6) is 0 Å². The lowest BCUT2D eigenvalue weighted by atomic mass is 9.82. The van der Waals surface area contributed by atoms with Crippen molar-refractivity contribution in [1.82, 2.24) is 5.32 Å². The fourth-order valence-corrected chi connectivity index (χ4v) is 2.48. The summed E-state index contributed by atoms with van der Waals surface area (Å²) in [5.41, 5.74) is 7.10. The number of carbonyl (C=O) groups is 1. The van der Waals surface area contributed by atoms with Crippen LogP contribution in [0.2, 0.25) is 0 Å². The highest BCUT2D eigenvalue weighted by Gasteiger charge is 2.27. The van der Waals surface area contributed by atoms with Gasteiger partial charge in [0.25, 0.3) is 5.91 Å². The van der Waals surface area contributed by atoms with E-state index in [4.69, 9.17) is 10.5 Å². The van der Waals surface area contributed by atoms with Crippen LogP contribution in [0.25, 0.3) is 0 Å². The van der Waals surface area contributed by atoms with Crippen molar-refractivity contribution >= 4 is 27.5 Å². The zero-order valence-corrected chi connectivity index (χ0v) is 12.6. The van der Waals surface area contributed by atoms with Gasteiger partial charge in [-0.05, 0) is 52.4 Å². The van der Waals surface area contributed by atoms with Crippen molar-refractivity contribution < 1.29 is 9.53 Å². The predicted molar refractivity (Wildman–Crippen MR) is 79.0 cm³/mol. The number of carbonyl (C=O) groups excluding carboxylic acids is 1. The van der Waals surface area contributed by atoms with Crippen LogP contribution in [0, 0.1) is 5.41 Å². The summed E-state index contributed by atoms with van der Waals surface area (Å²) in [7, 11) is 0. The highest BCUT2D eigenvalue weighted by molar-refractivity contribution is 9.10. The smallest absolute Gasteiger partial charge is 0.251 e. The largest absolute Gasteiger partial charge is 0.398 e. The van der Waals surface area contributed by atoms with Gasteiger partial charge in [0, 0.05) is 35.5 Å². The number of rotatable bonds is 3. The summed E-state index contributed by atoms with van der Waals surface area (Å²) in [5, 5.41) is 3.00. The molecule has 0 spiro atoms. The number of benzene rings is 1. The van der Waals surface area contributed by atoms with Crippen LogP contribution in [-0.2, 0) is 4.74 Å². The minimum atomic E-state index is -0.0617. The second kappa shape index (κ2) is 5.92. The molecule has 1 saturated heterocycles. The Morgan fingerprint density at radius 2 is 2.16 bits per heavy atom. The van der Waals surface area contributed by atoms with Crippen molar-refractivity contribution in [3.05, 3.63) is 28.2 Å². The fraction of sp³-hybridized carbons (Fsp3) is 0.500. The summed E-state index contributed by atoms with van der Waals surface area (Å²) in [6.07, 6.45) is 1.97. The van der Waals surface area contributed by atoms with E-state index in [1.165, 1.54) is 0 Å². The second-order valence-corrected chi connectivity index (χ2v) is 6.20. The van der Waals surface area contributed by atoms with E-state index < -0.39 is 0 Å². The van der Waals surface area contributed by atoms with Crippen LogP contribution in [0.1, 0.15) is 30.1 Å². The Balaban J connectivity index is 1.95. The van der Waals surface area contributed by atoms with Crippen LogP contribution in [0.3, 0.4) is 0 Å². The van der Waals surface area contributed by atoms with E-state index in [0.29, 0.717) is 17.8 Å². The van der Waals surface area contributed by atoms with Gasteiger partial charge >= 0.3 is 0 Å². The molecule has 1 aromatic carbocycles. The molecule has 0 unspecified atom stereocenters. The molecule has 0 atom stereocenters. The number of nitrogen functional groups attached to an aromatic ring is 1. The Hall–Kier alpha value is -1.07. The summed E-state index contributed by atoms with van der Waals surface area (Å²) in [5.74, 6) is -0.0617. The summed E-state index contributed by atoms with van der Waals surface area (Å²) in [4.78, 5) is 12.1. The molecule has 0 aliphatic carbocycles. The third-order valence-electron chi connectivity index (χ3n) is 3.64. The normalized spacial score (nSPS) is 18.0. The van der Waals surface area contributed by atoms with Gasteiger partial charge in [-0.15, -0.1) is 0 Å². The molecule has 3 N–H and O–H groups in total. The lowest BCUT2D eigenvalue weighted by Gasteiger charge is -2.33. The molecule has 1 aliphatic rings. The molecule has 5 heteroatoms. The number of amides is 1. The molecule has 0 bridgehead atoms. The standard InChI is InChI=1S/C14H19BrN2O2/c1-14(4-6-19-7-5-14)9-17-13(18)10-2-3-12(16)11(15)8-10/h2-3,8H,4-7,9,16H2,1H3,(H,17,18). The van der Waals surface area contributed by atoms with Gasteiger partial charge in [-0.25, -0.2) is 0 Å². The second-order valence-electron chi connectivity index (χ2n) is 5.34. The van der Waals surface area contributed by atoms with E-state index in [0.717, 1.165) is 30.5 Å². The SMILES string of the molecule is CC1(CNC(=O)c2ccc(N)c(Br)c2)CCOCC1. The van der Waals surface area contributed by atoms with Gasteiger partial charge in [-0.3, -0.25) is 4.79 Å². The number of anilines is 1. The van der Waals surface area contributed by atoms with Crippen molar-refractivity contribution in [2.24, 2.45) is 5.41 Å². The van der Waals surface area contributed by atoms with Crippen LogP contribution in [-0.4, -0.2) is 25.7 Å². The topological polar surface area (TPSA) is 64.4 Å². The maximum Gasteiger partial charge on any atom is 0.251 e. The van der Waals surface area contributed by atoms with Crippen molar-refractivity contribution in [1.29, 1.82) is 0 Å². The molecule has 0 aromatic heterocycles. The molecule has 1 aromatic rings. The van der Waals surface area contributed by atoms with Crippen LogP contribution in [0.15, 0.2) is 22.7 Å². The molecule has 104 valence electrons. The van der Waals surface area contributed by atoms with Crippen molar-refractivity contribution in [2.45, 2.75) is 19.8 Å². The first-order chi connectivity index (χ1) is 9.00. The molecule has 0 saturated carbocycles. The maximum absolute atomic E-state index is 12.1. The first-order valence-corrected chi connectivity index (χ1v) is 7.20. The number of halogens is 1. The van der Waals surface area contributed by atoms with Gasteiger partial charge in [0.15, 0.2) is 0 Å². The van der Waals surface area contributed by atoms with E-state index in [9.17, 15) is 4.79 Å². The molecular weight excluding hydrogens is 308 g/mol. The van der Waals surface area contributed by atoms with Gasteiger partial charge in [0.05, 0.1) is 0 Å². The van der Waals surface area contributed by atoms with E-state index in [-0.39, 0.29) is 11.3 Å². The van der Waals surface area contributed by atoms with Crippen molar-refractivity contribution in [3.8, 4) is 0 Å². The Morgan fingerprint density at radius 1 is 1.47 bits per heavy atom. The molecule has 2 rings (SSSR count). The zero-order chi connectivity index (χ0) is 13.9. The average molecular weight is 327 g/mol. The number of hydrogen-bond donors (Lipinski definition) is 2. The predicted octanol–water partition coefficient (Wildman–Crippen LogP) is 2.58. The zero-order valence-electron chi connectivity index (χ0n) is 11.0. The van der Waals surface area contributed by atoms with Crippen molar-refractivity contribution in [2.75, 3.05) is 25.5 Å². The average Bonchev–Trinajstić information content (AvgIpc) is 2.40. The molecule has 1 fully saturated rings. The van der Waals surface area contributed by atoms with Crippen LogP contribution >= 0.6 is 15.9 Å². The fourth-order valence-electron chi connectivity index (χ4n) is 2.11. The molecule has 1 amide bonds. The summed E-state index contributed by atoms with van der Waals surface area (Å²) in [6.45, 7) is 4.42. The van der Waals surface area contributed by atoms with E-state index in [1.54, 1.807) is 18.2 Å². The molecule has 1 aliphatic heterocycles. The minimum Gasteiger partial charge on any atom is -0.398 e. The van der Waals surface area contributed by atoms with E-state index >= 15 is 0 Å². The third kappa shape index (κ3) is 3.70. The summed E-state index contributed by atoms with van der Waals surface area (Å²) >= 11 is 3.33. The lowest BCUT2D eigenvalue weighted by molar-refractivity contribution is 0.0238. The van der Waals surface area contributed by atoms with Crippen molar-refractivity contribution in [3.63, 3.8) is 0 Å². The molecule has 0 radical (unpaired) electrons. The highest BCUT2D eigenvalue weighted by Crippen LogP contribution is 2.28. The Morgan fingerprint density at radius 3 is 2.79 bits per heavy atom. The van der Waals surface area contributed by atoms with E-state index in [1.807, 2.05) is 0 Å². The molecule has 4 nitrogen and oxygen atoms in total. The number of hydrogen-bond acceptors (Lipinski definition) is 3. The Bertz CT molecular complexity index is 471. The minimum absolute atomic E-state index is 0.0617. The van der Waals surface area contributed by atoms with Gasteiger partial charge in [-0.2, -0.15) is 0 Å². The van der Waals surface area contributed by atoms with Gasteiger partial charge < -0.3 is 15.8 Å². The van der Waals surface area contributed by atoms with Gasteiger partial charge in [-0.1, -0.05) is 6.92 Å². The first-order valence-electron chi connectivity index (χ1n) is 6.41. The third-order valence-corrected chi connectivity index (χ3v) is 4.33. The monoisotopic (exact) mass is 326 g/mol. The summed E-state index contributed by atoms with van der Waals surface area (Å²) in [6, 6.07) is 5.22. The molecular formula is C14H19BrN2O2.